The van der Waals surface area contributed by atoms with Crippen LogP contribution in [0, 0.1) is 5.92 Å². The number of rotatable bonds is 4. The molecule has 1 heterocycles. The van der Waals surface area contributed by atoms with Crippen LogP contribution in [0.1, 0.15) is 64.7 Å². The minimum atomic E-state index is -0.342. The lowest BCUT2D eigenvalue weighted by Crippen LogP contribution is -2.33. The average Bonchev–Trinajstić information content (AvgIpc) is 2.76. The molecule has 0 bridgehead atoms. The van der Waals surface area contributed by atoms with Crippen molar-refractivity contribution in [1.29, 1.82) is 0 Å². The van der Waals surface area contributed by atoms with Gasteiger partial charge in [0.2, 0.25) is 0 Å². The van der Waals surface area contributed by atoms with Crippen molar-refractivity contribution in [3.05, 3.63) is 0 Å². The first-order chi connectivity index (χ1) is 7.68. The second kappa shape index (κ2) is 5.50. The largest absolute Gasteiger partial charge is 0.390 e. The lowest BCUT2D eigenvalue weighted by atomic mass is 9.77. The van der Waals surface area contributed by atoms with Gasteiger partial charge >= 0.3 is 0 Å². The van der Waals surface area contributed by atoms with Crippen LogP contribution >= 0.6 is 0 Å². The Hall–Kier alpha value is -0.0800. The third kappa shape index (κ3) is 3.46. The van der Waals surface area contributed by atoms with E-state index >= 15 is 0 Å². The molecule has 1 unspecified atom stereocenters. The van der Waals surface area contributed by atoms with Crippen LogP contribution < -0.4 is 0 Å². The highest BCUT2D eigenvalue weighted by molar-refractivity contribution is 4.84. The second-order valence-corrected chi connectivity index (χ2v) is 5.93. The first kappa shape index (κ1) is 12.4. The van der Waals surface area contributed by atoms with E-state index < -0.39 is 0 Å². The fourth-order valence-corrected chi connectivity index (χ4v) is 3.08. The van der Waals surface area contributed by atoms with Crippen molar-refractivity contribution >= 4 is 0 Å². The lowest BCUT2D eigenvalue weighted by Gasteiger charge is -2.35. The molecule has 0 aromatic heterocycles. The van der Waals surface area contributed by atoms with Gasteiger partial charge in [-0.25, -0.2) is 0 Å². The summed E-state index contributed by atoms with van der Waals surface area (Å²) in [5, 5.41) is 10.4. The van der Waals surface area contributed by atoms with Crippen molar-refractivity contribution in [2.75, 3.05) is 6.61 Å². The zero-order valence-corrected chi connectivity index (χ0v) is 10.6. The highest BCUT2D eigenvalue weighted by atomic mass is 16.5. The molecule has 2 rings (SSSR count). The molecule has 0 aromatic carbocycles. The summed E-state index contributed by atoms with van der Waals surface area (Å²) in [5.74, 6) is 0.818. The molecule has 0 radical (unpaired) electrons. The highest BCUT2D eigenvalue weighted by Crippen LogP contribution is 2.35. The summed E-state index contributed by atoms with van der Waals surface area (Å²) in [4.78, 5) is 0. The topological polar surface area (TPSA) is 29.5 Å². The lowest BCUT2D eigenvalue weighted by molar-refractivity contribution is -0.0192. The fourth-order valence-electron chi connectivity index (χ4n) is 3.08. The summed E-state index contributed by atoms with van der Waals surface area (Å²) < 4.78 is 5.61. The van der Waals surface area contributed by atoms with Gasteiger partial charge in [-0.3, -0.25) is 0 Å². The molecule has 2 fully saturated rings. The normalized spacial score (nSPS) is 40.1. The van der Waals surface area contributed by atoms with Crippen molar-refractivity contribution in [3.63, 3.8) is 0 Å². The Morgan fingerprint density at radius 2 is 2.00 bits per heavy atom. The Labute approximate surface area is 99.4 Å². The van der Waals surface area contributed by atoms with E-state index in [1.54, 1.807) is 0 Å². The Balaban J connectivity index is 1.64. The minimum absolute atomic E-state index is 0.342. The molecule has 16 heavy (non-hydrogen) atoms. The summed E-state index contributed by atoms with van der Waals surface area (Å²) in [5.41, 5.74) is -0.342. The van der Waals surface area contributed by atoms with Gasteiger partial charge in [-0.1, -0.05) is 6.92 Å². The fraction of sp³-hybridized carbons (Fsp3) is 1.00. The molecule has 94 valence electrons. The Morgan fingerprint density at radius 1 is 1.25 bits per heavy atom. The van der Waals surface area contributed by atoms with E-state index in [1.165, 1.54) is 25.7 Å². The van der Waals surface area contributed by atoms with Gasteiger partial charge in [-0.2, -0.15) is 0 Å². The monoisotopic (exact) mass is 226 g/mol. The van der Waals surface area contributed by atoms with Crippen LogP contribution in [0.15, 0.2) is 0 Å². The van der Waals surface area contributed by atoms with Gasteiger partial charge in [0.1, 0.15) is 0 Å². The van der Waals surface area contributed by atoms with Crippen LogP contribution in [-0.2, 0) is 4.74 Å². The highest BCUT2D eigenvalue weighted by Gasteiger charge is 2.31. The molecule has 0 amide bonds. The van der Waals surface area contributed by atoms with E-state index in [0.29, 0.717) is 6.10 Å². The van der Waals surface area contributed by atoms with Crippen molar-refractivity contribution in [1.82, 2.24) is 0 Å². The molecule has 2 aliphatic rings. The maximum Gasteiger partial charge on any atom is 0.0648 e. The predicted octanol–water partition coefficient (Wildman–Crippen LogP) is 3.28. The molecule has 1 atom stereocenters. The molecule has 1 N–H and O–H groups in total. The van der Waals surface area contributed by atoms with E-state index in [9.17, 15) is 5.11 Å². The summed E-state index contributed by atoms with van der Waals surface area (Å²) in [6, 6.07) is 0. The van der Waals surface area contributed by atoms with E-state index in [1.807, 2.05) is 0 Å². The van der Waals surface area contributed by atoms with Crippen molar-refractivity contribution in [3.8, 4) is 0 Å². The van der Waals surface area contributed by atoms with Crippen molar-refractivity contribution < 1.29 is 9.84 Å². The zero-order chi connectivity index (χ0) is 11.4. The molecule has 1 saturated heterocycles. The zero-order valence-electron chi connectivity index (χ0n) is 10.6. The van der Waals surface area contributed by atoms with Crippen LogP contribution in [0.5, 0.6) is 0 Å². The molecule has 0 aromatic rings. The molecule has 0 spiro atoms. The molecule has 1 aliphatic heterocycles. The maximum atomic E-state index is 10.4. The third-order valence-corrected chi connectivity index (χ3v) is 4.40. The van der Waals surface area contributed by atoms with E-state index in [2.05, 4.69) is 6.92 Å². The maximum absolute atomic E-state index is 10.4. The SMILES string of the molecule is CC1CCC(O)(CCCC2CCCO2)CC1. The number of ether oxygens (including phenoxy) is 1. The summed E-state index contributed by atoms with van der Waals surface area (Å²) in [7, 11) is 0. The summed E-state index contributed by atoms with van der Waals surface area (Å²) >= 11 is 0. The first-order valence-corrected chi connectivity index (χ1v) is 7.02. The van der Waals surface area contributed by atoms with Crippen LogP contribution in [0.3, 0.4) is 0 Å². The second-order valence-electron chi connectivity index (χ2n) is 5.93. The third-order valence-electron chi connectivity index (χ3n) is 4.40. The van der Waals surface area contributed by atoms with Gasteiger partial charge in [-0.05, 0) is 63.7 Å². The minimum Gasteiger partial charge on any atom is -0.390 e. The van der Waals surface area contributed by atoms with Gasteiger partial charge < -0.3 is 9.84 Å². The molecule has 1 aliphatic carbocycles. The van der Waals surface area contributed by atoms with Gasteiger partial charge in [-0.15, -0.1) is 0 Å². The molecule has 2 nitrogen and oxygen atoms in total. The average molecular weight is 226 g/mol. The smallest absolute Gasteiger partial charge is 0.0648 e. The first-order valence-electron chi connectivity index (χ1n) is 7.02. The van der Waals surface area contributed by atoms with Crippen molar-refractivity contribution in [2.24, 2.45) is 5.92 Å². The molecular formula is C14H26O2. The molecular weight excluding hydrogens is 200 g/mol. The molecule has 2 heteroatoms. The quantitative estimate of drug-likeness (QED) is 0.797. The number of hydrogen-bond donors (Lipinski definition) is 1. The van der Waals surface area contributed by atoms with Crippen LogP contribution in [0.25, 0.3) is 0 Å². The van der Waals surface area contributed by atoms with Gasteiger partial charge in [0.15, 0.2) is 0 Å². The van der Waals surface area contributed by atoms with Crippen LogP contribution in [0.4, 0.5) is 0 Å². The van der Waals surface area contributed by atoms with E-state index in [-0.39, 0.29) is 5.60 Å². The van der Waals surface area contributed by atoms with Crippen LogP contribution in [-0.4, -0.2) is 23.4 Å². The Morgan fingerprint density at radius 3 is 2.62 bits per heavy atom. The summed E-state index contributed by atoms with van der Waals surface area (Å²) in [6.07, 6.45) is 10.7. The Bertz CT molecular complexity index is 201. The predicted molar refractivity (Wildman–Crippen MR) is 65.4 cm³/mol. The van der Waals surface area contributed by atoms with E-state index in [0.717, 1.165) is 44.6 Å². The van der Waals surface area contributed by atoms with Gasteiger partial charge in [0.05, 0.1) is 11.7 Å². The van der Waals surface area contributed by atoms with Crippen molar-refractivity contribution in [2.45, 2.75) is 76.4 Å². The number of hydrogen-bond acceptors (Lipinski definition) is 2. The summed E-state index contributed by atoms with van der Waals surface area (Å²) in [6.45, 7) is 3.25. The number of aliphatic hydroxyl groups is 1. The van der Waals surface area contributed by atoms with Gasteiger partial charge in [0, 0.05) is 6.61 Å². The standard InChI is InChI=1S/C14H26O2/c1-12-6-9-14(15,10-7-12)8-2-4-13-5-3-11-16-13/h12-13,15H,2-11H2,1H3. The van der Waals surface area contributed by atoms with E-state index in [4.69, 9.17) is 4.74 Å². The molecule has 1 saturated carbocycles. The van der Waals surface area contributed by atoms with Gasteiger partial charge in [0.25, 0.3) is 0 Å². The Kier molecular flexibility index (Phi) is 4.26. The van der Waals surface area contributed by atoms with Crippen LogP contribution in [0.2, 0.25) is 0 Å².